The summed E-state index contributed by atoms with van der Waals surface area (Å²) >= 11 is 1.01. The van der Waals surface area contributed by atoms with Crippen LogP contribution in [0.15, 0.2) is 83.7 Å². The van der Waals surface area contributed by atoms with E-state index in [-0.39, 0.29) is 16.8 Å². The van der Waals surface area contributed by atoms with Crippen molar-refractivity contribution in [3.63, 3.8) is 0 Å². The molecule has 0 radical (unpaired) electrons. The topological polar surface area (TPSA) is 94.2 Å². The van der Waals surface area contributed by atoms with Crippen molar-refractivity contribution in [3.8, 4) is 17.0 Å². The maximum atomic E-state index is 12.2. The lowest BCUT2D eigenvalue weighted by Gasteiger charge is -2.10. The molecule has 6 nitrogen and oxygen atoms in total. The Morgan fingerprint density at radius 2 is 1.57 bits per heavy atom. The number of rotatable bonds is 5. The van der Waals surface area contributed by atoms with Gasteiger partial charge < -0.3 is 15.7 Å². The molecule has 1 heterocycles. The van der Waals surface area contributed by atoms with Crippen LogP contribution in [0.2, 0.25) is 0 Å². The lowest BCUT2D eigenvalue weighted by molar-refractivity contribution is 0.262. The smallest absolute Gasteiger partial charge is 0.323 e. The Bertz CT molecular complexity index is 1210. The maximum Gasteiger partial charge on any atom is 0.323 e. The first-order chi connectivity index (χ1) is 14.6. The fourth-order valence-electron chi connectivity index (χ4n) is 3.06. The molecule has 1 aromatic heterocycles. The van der Waals surface area contributed by atoms with E-state index in [1.807, 2.05) is 78.9 Å². The number of carbonyl (C=O) groups excluding carboxylic acids is 1. The van der Waals surface area contributed by atoms with E-state index in [0.29, 0.717) is 17.0 Å². The largest absolute Gasteiger partial charge is 0.494 e. The molecule has 0 atom stereocenters. The van der Waals surface area contributed by atoms with E-state index in [1.165, 1.54) is 0 Å². The molecule has 30 heavy (non-hydrogen) atoms. The van der Waals surface area contributed by atoms with Crippen LogP contribution in [-0.4, -0.2) is 16.1 Å². The number of aromatic nitrogens is 1. The Kier molecular flexibility index (Phi) is 5.63. The van der Waals surface area contributed by atoms with Crippen molar-refractivity contribution in [2.75, 3.05) is 10.6 Å². The van der Waals surface area contributed by atoms with Gasteiger partial charge in [-0.15, -0.1) is 0 Å². The lowest BCUT2D eigenvalue weighted by Crippen LogP contribution is -2.19. The molecule has 150 valence electrons. The maximum absolute atomic E-state index is 12.2. The van der Waals surface area contributed by atoms with Gasteiger partial charge in [-0.2, -0.15) is 0 Å². The molecule has 4 N–H and O–H groups in total. The van der Waals surface area contributed by atoms with E-state index < -0.39 is 0 Å². The SMILES string of the molecule is O=C(Nc1ccccc1)Nc1cccc(-c2ccc(Cc3sc(=O)[nH]c3O)cc2)c1. The van der Waals surface area contributed by atoms with Gasteiger partial charge in [0.25, 0.3) is 0 Å². The fourth-order valence-corrected chi connectivity index (χ4v) is 3.82. The van der Waals surface area contributed by atoms with Gasteiger partial charge in [-0.05, 0) is 41.0 Å². The Balaban J connectivity index is 1.44. The van der Waals surface area contributed by atoms with E-state index in [1.54, 1.807) is 0 Å². The Morgan fingerprint density at radius 3 is 2.27 bits per heavy atom. The molecule has 3 aromatic carbocycles. The van der Waals surface area contributed by atoms with E-state index in [0.717, 1.165) is 33.7 Å². The van der Waals surface area contributed by atoms with Gasteiger partial charge in [0, 0.05) is 17.8 Å². The lowest BCUT2D eigenvalue weighted by atomic mass is 10.0. The van der Waals surface area contributed by atoms with Crippen LogP contribution in [-0.2, 0) is 6.42 Å². The second-order valence-electron chi connectivity index (χ2n) is 6.69. The number of para-hydroxylation sites is 1. The molecule has 0 saturated heterocycles. The molecule has 0 fully saturated rings. The van der Waals surface area contributed by atoms with Gasteiger partial charge in [0.15, 0.2) is 0 Å². The number of benzene rings is 3. The van der Waals surface area contributed by atoms with Gasteiger partial charge in [0.05, 0.1) is 4.88 Å². The Labute approximate surface area is 176 Å². The summed E-state index contributed by atoms with van der Waals surface area (Å²) in [6.07, 6.45) is 0.483. The van der Waals surface area contributed by atoms with Crippen molar-refractivity contribution in [2.24, 2.45) is 0 Å². The van der Waals surface area contributed by atoms with Crippen LogP contribution in [0.1, 0.15) is 10.4 Å². The van der Waals surface area contributed by atoms with Crippen molar-refractivity contribution in [1.82, 2.24) is 4.98 Å². The van der Waals surface area contributed by atoms with Crippen LogP contribution in [0.5, 0.6) is 5.88 Å². The number of amides is 2. The summed E-state index contributed by atoms with van der Waals surface area (Å²) in [5.74, 6) is -0.0679. The summed E-state index contributed by atoms with van der Waals surface area (Å²) < 4.78 is 0. The second kappa shape index (κ2) is 8.67. The van der Waals surface area contributed by atoms with Crippen LogP contribution in [0.25, 0.3) is 11.1 Å². The van der Waals surface area contributed by atoms with Crippen molar-refractivity contribution >= 4 is 28.7 Å². The highest BCUT2D eigenvalue weighted by molar-refractivity contribution is 7.09. The van der Waals surface area contributed by atoms with E-state index in [2.05, 4.69) is 15.6 Å². The third-order valence-electron chi connectivity index (χ3n) is 4.50. The number of anilines is 2. The van der Waals surface area contributed by atoms with Gasteiger partial charge in [-0.25, -0.2) is 4.79 Å². The number of thiazole rings is 1. The zero-order valence-corrected chi connectivity index (χ0v) is 16.7. The molecular weight excluding hydrogens is 398 g/mol. The molecule has 2 amide bonds. The van der Waals surface area contributed by atoms with Gasteiger partial charge in [0.2, 0.25) is 5.88 Å². The van der Waals surface area contributed by atoms with Crippen LogP contribution < -0.4 is 15.5 Å². The highest BCUT2D eigenvalue weighted by Crippen LogP contribution is 2.25. The minimum atomic E-state index is -0.306. The molecule has 4 aromatic rings. The third-order valence-corrected chi connectivity index (χ3v) is 5.38. The van der Waals surface area contributed by atoms with Gasteiger partial charge >= 0.3 is 10.9 Å². The molecule has 0 bridgehead atoms. The van der Waals surface area contributed by atoms with Gasteiger partial charge in [-0.3, -0.25) is 9.78 Å². The van der Waals surface area contributed by atoms with Crippen molar-refractivity contribution < 1.29 is 9.90 Å². The molecule has 0 aliphatic rings. The van der Waals surface area contributed by atoms with E-state index in [9.17, 15) is 14.7 Å². The highest BCUT2D eigenvalue weighted by Gasteiger charge is 2.08. The third kappa shape index (κ3) is 4.76. The summed E-state index contributed by atoms with van der Waals surface area (Å²) in [5.41, 5.74) is 4.36. The molecule has 0 saturated carbocycles. The second-order valence-corrected chi connectivity index (χ2v) is 7.75. The predicted octanol–water partition coefficient (Wildman–Crippen LogP) is 5.04. The molecule has 0 spiro atoms. The molecule has 4 rings (SSSR count). The van der Waals surface area contributed by atoms with E-state index >= 15 is 0 Å². The number of urea groups is 1. The first-order valence-corrected chi connectivity index (χ1v) is 10.1. The number of nitrogens with one attached hydrogen (secondary N) is 3. The highest BCUT2D eigenvalue weighted by atomic mass is 32.1. The first kappa shape index (κ1) is 19.5. The predicted molar refractivity (Wildman–Crippen MR) is 120 cm³/mol. The number of aromatic hydroxyl groups is 1. The number of aromatic amines is 1. The number of hydrogen-bond donors (Lipinski definition) is 4. The molecule has 0 unspecified atom stereocenters. The minimum Gasteiger partial charge on any atom is -0.494 e. The zero-order valence-electron chi connectivity index (χ0n) is 15.9. The summed E-state index contributed by atoms with van der Waals surface area (Å²) in [4.78, 5) is 26.3. The standard InChI is InChI=1S/C23H19N3O3S/c27-21-20(30-23(29)26-21)13-15-9-11-16(12-10-15)17-5-4-8-19(14-17)25-22(28)24-18-6-2-1-3-7-18/h1-12,14,27H,13H2,(H,26,29)(H2,24,25,28). The Hall–Kier alpha value is -3.84. The van der Waals surface area contributed by atoms with E-state index in [4.69, 9.17) is 0 Å². The fraction of sp³-hybridized carbons (Fsp3) is 0.0435. The zero-order chi connectivity index (χ0) is 20.9. The van der Waals surface area contributed by atoms with Gasteiger partial charge in [-0.1, -0.05) is 65.9 Å². The molecule has 0 aliphatic carbocycles. The summed E-state index contributed by atoms with van der Waals surface area (Å²) in [7, 11) is 0. The normalized spacial score (nSPS) is 10.5. The minimum absolute atomic E-state index is 0.0679. The van der Waals surface area contributed by atoms with Crippen LogP contribution in [0.4, 0.5) is 16.2 Å². The average molecular weight is 417 g/mol. The van der Waals surface area contributed by atoms with Crippen molar-refractivity contribution in [1.29, 1.82) is 0 Å². The summed E-state index contributed by atoms with van der Waals surface area (Å²) in [5, 5.41) is 15.4. The van der Waals surface area contributed by atoms with Gasteiger partial charge in [0.1, 0.15) is 0 Å². The summed E-state index contributed by atoms with van der Waals surface area (Å²) in [6, 6.07) is 24.4. The number of H-pyrrole nitrogens is 1. The van der Waals surface area contributed by atoms with Crippen LogP contribution in [0.3, 0.4) is 0 Å². The number of hydrogen-bond acceptors (Lipinski definition) is 4. The average Bonchev–Trinajstić information content (AvgIpc) is 3.06. The van der Waals surface area contributed by atoms with Crippen LogP contribution >= 0.6 is 11.3 Å². The molecule has 0 aliphatic heterocycles. The monoisotopic (exact) mass is 417 g/mol. The quantitative estimate of drug-likeness (QED) is 0.366. The Morgan fingerprint density at radius 1 is 0.867 bits per heavy atom. The van der Waals surface area contributed by atoms with Crippen molar-refractivity contribution in [3.05, 3.63) is 99.0 Å². The molecule has 7 heteroatoms. The molecular formula is C23H19N3O3S. The first-order valence-electron chi connectivity index (χ1n) is 9.30. The summed E-state index contributed by atoms with van der Waals surface area (Å²) in [6.45, 7) is 0. The number of carbonyl (C=O) groups is 1. The van der Waals surface area contributed by atoms with Crippen molar-refractivity contribution in [2.45, 2.75) is 6.42 Å². The van der Waals surface area contributed by atoms with Crippen LogP contribution in [0, 0.1) is 0 Å².